The van der Waals surface area contributed by atoms with Crippen molar-refractivity contribution in [3.05, 3.63) is 22.8 Å². The van der Waals surface area contributed by atoms with Gasteiger partial charge in [-0.1, -0.05) is 6.58 Å². The Morgan fingerprint density at radius 1 is 1.42 bits per heavy atom. The van der Waals surface area contributed by atoms with Crippen molar-refractivity contribution in [2.24, 2.45) is 0 Å². The lowest BCUT2D eigenvalue weighted by Crippen LogP contribution is -2.13. The van der Waals surface area contributed by atoms with E-state index in [9.17, 15) is 8.42 Å². The molecule has 0 atom stereocenters. The van der Waals surface area contributed by atoms with Crippen LogP contribution in [0.15, 0.2) is 22.8 Å². The molecule has 12 heavy (non-hydrogen) atoms. The van der Waals surface area contributed by atoms with E-state index in [1.165, 1.54) is 6.92 Å². The number of rotatable bonds is 3. The van der Waals surface area contributed by atoms with Crippen LogP contribution in [-0.4, -0.2) is 20.0 Å². The lowest BCUT2D eigenvalue weighted by molar-refractivity contribution is 0.490. The minimum atomic E-state index is -4.10. The van der Waals surface area contributed by atoms with Crippen LogP contribution >= 0.6 is 0 Å². The minimum Gasteiger partial charge on any atom is -0.387 e. The summed E-state index contributed by atoms with van der Waals surface area (Å²) in [5, 5.41) is 2.65. The van der Waals surface area contributed by atoms with E-state index in [1.54, 1.807) is 14.0 Å². The first-order valence-corrected chi connectivity index (χ1v) is 4.76. The molecule has 4 nitrogen and oxygen atoms in total. The summed E-state index contributed by atoms with van der Waals surface area (Å²) in [7, 11) is -2.53. The van der Waals surface area contributed by atoms with E-state index in [2.05, 4.69) is 11.9 Å². The Balaban J connectivity index is 5.29. The van der Waals surface area contributed by atoms with Crippen molar-refractivity contribution in [1.29, 1.82) is 0 Å². The lowest BCUT2D eigenvalue weighted by Gasteiger charge is -2.08. The molecule has 0 aliphatic heterocycles. The fourth-order valence-electron chi connectivity index (χ4n) is 0.819. The monoisotopic (exact) mass is 191 g/mol. The Hall–Kier alpha value is -0.810. The van der Waals surface area contributed by atoms with Crippen LogP contribution in [0.4, 0.5) is 0 Å². The van der Waals surface area contributed by atoms with Crippen LogP contribution in [0.2, 0.25) is 0 Å². The van der Waals surface area contributed by atoms with Gasteiger partial charge in [-0.05, 0) is 19.4 Å². The second-order valence-electron chi connectivity index (χ2n) is 2.44. The maximum Gasteiger partial charge on any atom is 0.292 e. The van der Waals surface area contributed by atoms with Crippen molar-refractivity contribution >= 4 is 10.1 Å². The summed E-state index contributed by atoms with van der Waals surface area (Å²) >= 11 is 0. The Labute approximate surface area is 72.7 Å². The molecule has 0 saturated carbocycles. The van der Waals surface area contributed by atoms with Gasteiger partial charge in [0, 0.05) is 7.05 Å². The van der Waals surface area contributed by atoms with E-state index < -0.39 is 10.1 Å². The zero-order valence-corrected chi connectivity index (χ0v) is 8.20. The molecule has 0 aromatic heterocycles. The smallest absolute Gasteiger partial charge is 0.292 e. The number of hydrogen-bond donors (Lipinski definition) is 2. The normalized spacial score (nSPS) is 13.7. The molecule has 0 amide bonds. The zero-order chi connectivity index (χ0) is 9.94. The number of hydrogen-bond acceptors (Lipinski definition) is 3. The van der Waals surface area contributed by atoms with Crippen LogP contribution in [-0.2, 0) is 10.1 Å². The van der Waals surface area contributed by atoms with Gasteiger partial charge in [-0.2, -0.15) is 8.42 Å². The van der Waals surface area contributed by atoms with E-state index in [0.717, 1.165) is 0 Å². The summed E-state index contributed by atoms with van der Waals surface area (Å²) < 4.78 is 30.0. The largest absolute Gasteiger partial charge is 0.387 e. The molecule has 5 heteroatoms. The fourth-order valence-corrected chi connectivity index (χ4v) is 1.35. The molecule has 0 fully saturated rings. The van der Waals surface area contributed by atoms with Crippen molar-refractivity contribution in [3.63, 3.8) is 0 Å². The van der Waals surface area contributed by atoms with Crippen LogP contribution in [0, 0.1) is 0 Å². The van der Waals surface area contributed by atoms with E-state index in [4.69, 9.17) is 4.55 Å². The third-order valence-corrected chi connectivity index (χ3v) is 2.39. The average molecular weight is 191 g/mol. The van der Waals surface area contributed by atoms with Crippen molar-refractivity contribution in [3.8, 4) is 0 Å². The molecular weight excluding hydrogens is 178 g/mol. The van der Waals surface area contributed by atoms with Crippen molar-refractivity contribution in [2.45, 2.75) is 13.8 Å². The highest BCUT2D eigenvalue weighted by molar-refractivity contribution is 7.89. The summed E-state index contributed by atoms with van der Waals surface area (Å²) in [5.41, 5.74) is 0.908. The van der Waals surface area contributed by atoms with Crippen LogP contribution in [0.1, 0.15) is 13.8 Å². The molecule has 0 bridgehead atoms. The van der Waals surface area contributed by atoms with Gasteiger partial charge in [0.15, 0.2) is 0 Å². The van der Waals surface area contributed by atoms with Gasteiger partial charge in [0.2, 0.25) is 0 Å². The summed E-state index contributed by atoms with van der Waals surface area (Å²) in [5.74, 6) is 0. The second-order valence-corrected chi connectivity index (χ2v) is 4.00. The summed E-state index contributed by atoms with van der Waals surface area (Å²) in [6, 6.07) is 0. The van der Waals surface area contributed by atoms with Gasteiger partial charge in [0.05, 0.1) is 10.6 Å². The molecule has 2 N–H and O–H groups in total. The average Bonchev–Trinajstić information content (AvgIpc) is 1.86. The van der Waals surface area contributed by atoms with Gasteiger partial charge in [0.25, 0.3) is 10.1 Å². The quantitative estimate of drug-likeness (QED) is 0.514. The number of likely N-dealkylation sites (N-methyl/N-ethyl adjacent to an activating group) is 1. The van der Waals surface area contributed by atoms with E-state index in [-0.39, 0.29) is 4.91 Å². The number of allylic oxidation sites excluding steroid dienone is 2. The van der Waals surface area contributed by atoms with Crippen LogP contribution in [0.3, 0.4) is 0 Å². The third kappa shape index (κ3) is 2.67. The first-order chi connectivity index (χ1) is 5.30. The van der Waals surface area contributed by atoms with Crippen molar-refractivity contribution in [2.75, 3.05) is 7.05 Å². The SMILES string of the molecule is C=C(C)C(NC)=C(C)S(=O)(=O)O. The molecule has 0 aliphatic carbocycles. The van der Waals surface area contributed by atoms with Crippen molar-refractivity contribution in [1.82, 2.24) is 5.32 Å². The van der Waals surface area contributed by atoms with Gasteiger partial charge in [-0.15, -0.1) is 0 Å². The maximum absolute atomic E-state index is 10.7. The highest BCUT2D eigenvalue weighted by atomic mass is 32.2. The first-order valence-electron chi connectivity index (χ1n) is 3.32. The molecule has 0 spiro atoms. The summed E-state index contributed by atoms with van der Waals surface area (Å²) in [6.07, 6.45) is 0. The second kappa shape index (κ2) is 3.73. The van der Waals surface area contributed by atoms with E-state index in [1.807, 2.05) is 0 Å². The summed E-state index contributed by atoms with van der Waals surface area (Å²) in [4.78, 5) is -0.113. The first kappa shape index (κ1) is 11.2. The van der Waals surface area contributed by atoms with E-state index in [0.29, 0.717) is 11.3 Å². The Kier molecular flexibility index (Phi) is 3.48. The standard InChI is InChI=1S/C7H13NO3S/c1-5(2)7(8-4)6(3)12(9,10)11/h8H,1H2,2-4H3,(H,9,10,11). The Morgan fingerprint density at radius 3 is 1.92 bits per heavy atom. The van der Waals surface area contributed by atoms with Crippen LogP contribution in [0.5, 0.6) is 0 Å². The lowest BCUT2D eigenvalue weighted by atomic mass is 10.2. The predicted octanol–water partition coefficient (Wildman–Crippen LogP) is 0.901. The zero-order valence-electron chi connectivity index (χ0n) is 7.38. The highest BCUT2D eigenvalue weighted by Gasteiger charge is 2.13. The molecule has 70 valence electrons. The predicted molar refractivity (Wildman–Crippen MR) is 48.1 cm³/mol. The van der Waals surface area contributed by atoms with Gasteiger partial charge in [-0.25, -0.2) is 0 Å². The van der Waals surface area contributed by atoms with Gasteiger partial charge in [0.1, 0.15) is 0 Å². The number of nitrogens with one attached hydrogen (secondary N) is 1. The van der Waals surface area contributed by atoms with Crippen LogP contribution < -0.4 is 5.32 Å². The third-order valence-electron chi connectivity index (χ3n) is 1.42. The molecule has 0 heterocycles. The topological polar surface area (TPSA) is 66.4 Å². The molecule has 0 radical (unpaired) electrons. The molecule has 0 saturated heterocycles. The molecule has 0 aliphatic rings. The minimum absolute atomic E-state index is 0.113. The molecule has 0 rings (SSSR count). The van der Waals surface area contributed by atoms with Gasteiger partial charge < -0.3 is 5.32 Å². The molecule has 0 aromatic carbocycles. The fraction of sp³-hybridized carbons (Fsp3) is 0.429. The summed E-state index contributed by atoms with van der Waals surface area (Å²) in [6.45, 7) is 6.53. The molecular formula is C7H13NO3S. The maximum atomic E-state index is 10.7. The van der Waals surface area contributed by atoms with Gasteiger partial charge in [-0.3, -0.25) is 4.55 Å². The highest BCUT2D eigenvalue weighted by Crippen LogP contribution is 2.13. The van der Waals surface area contributed by atoms with E-state index >= 15 is 0 Å². The molecule has 0 unspecified atom stereocenters. The Morgan fingerprint density at radius 2 is 1.83 bits per heavy atom. The Bertz CT molecular complexity index is 314. The van der Waals surface area contributed by atoms with Crippen molar-refractivity contribution < 1.29 is 13.0 Å². The van der Waals surface area contributed by atoms with Crippen LogP contribution in [0.25, 0.3) is 0 Å². The van der Waals surface area contributed by atoms with Gasteiger partial charge >= 0.3 is 0 Å². The molecule has 0 aromatic rings.